The van der Waals surface area contributed by atoms with Crippen LogP contribution in [0.1, 0.15) is 32.8 Å². The summed E-state index contributed by atoms with van der Waals surface area (Å²) in [5.41, 5.74) is 7.48. The second-order valence-electron chi connectivity index (χ2n) is 6.46. The van der Waals surface area contributed by atoms with Crippen LogP contribution in [-0.2, 0) is 25.8 Å². The number of carbonyl (C=O) groups is 3. The lowest BCUT2D eigenvalue weighted by Crippen LogP contribution is -2.43. The van der Waals surface area contributed by atoms with Crippen LogP contribution in [0.25, 0.3) is 0 Å². The summed E-state index contributed by atoms with van der Waals surface area (Å²) < 4.78 is 0. The molecule has 0 bridgehead atoms. The summed E-state index contributed by atoms with van der Waals surface area (Å²) in [6.45, 7) is 5.55. The summed E-state index contributed by atoms with van der Waals surface area (Å²) >= 11 is 0. The molecule has 1 aliphatic rings. The lowest BCUT2D eigenvalue weighted by atomic mass is 9.94. The summed E-state index contributed by atoms with van der Waals surface area (Å²) in [7, 11) is 0. The zero-order valence-corrected chi connectivity index (χ0v) is 15.0. The number of carbonyl (C=O) groups excluding carboxylic acids is 2. The van der Waals surface area contributed by atoms with E-state index in [1.54, 1.807) is 19.1 Å². The maximum absolute atomic E-state index is 12.7. The first-order valence-electron chi connectivity index (χ1n) is 8.26. The number of hydroxylamine groups is 2. The number of hydrogen-bond donors (Lipinski definition) is 3. The maximum atomic E-state index is 12.7. The average Bonchev–Trinajstić information content (AvgIpc) is 2.91. The fourth-order valence-corrected chi connectivity index (χ4v) is 2.80. The lowest BCUT2D eigenvalue weighted by Gasteiger charge is -2.26. The number of carboxylic acids is 1. The molecule has 0 spiro atoms. The smallest absolute Gasteiger partial charge is 0.313 e. The highest BCUT2D eigenvalue weighted by Crippen LogP contribution is 2.31. The zero-order chi connectivity index (χ0) is 19.4. The number of carboxylic acid groups (broad SMARTS) is 1. The third-order valence-electron chi connectivity index (χ3n) is 4.02. The Hall–Kier alpha value is -3.03. The number of nitrogens with two attached hydrogens (primary N) is 1. The van der Waals surface area contributed by atoms with Gasteiger partial charge >= 0.3 is 5.97 Å². The van der Waals surface area contributed by atoms with E-state index in [4.69, 9.17) is 15.7 Å². The Labute approximate surface area is 151 Å². The van der Waals surface area contributed by atoms with E-state index in [9.17, 15) is 14.4 Å². The van der Waals surface area contributed by atoms with Crippen molar-refractivity contribution in [3.05, 3.63) is 41.2 Å². The first-order valence-corrected chi connectivity index (χ1v) is 8.26. The van der Waals surface area contributed by atoms with E-state index in [-0.39, 0.29) is 17.6 Å². The molecule has 8 heteroatoms. The monoisotopic (exact) mass is 361 g/mol. The first kappa shape index (κ1) is 19.3. The van der Waals surface area contributed by atoms with E-state index in [0.717, 1.165) is 10.6 Å². The van der Waals surface area contributed by atoms with Crippen molar-refractivity contribution in [2.24, 2.45) is 5.92 Å². The zero-order valence-electron chi connectivity index (χ0n) is 15.0. The standard InChI is InChI=1S/C18H23N3O5/c1-10(2)17-16(11(3)26-21(17)14(22)8-15(23)24)18(25)20-9-12-4-6-13(19)7-5-12/h4-7,10,17H,8-9,19H2,1-3H3,(H,20,25)(H,23,24). The molecule has 0 aromatic heterocycles. The normalized spacial score (nSPS) is 16.6. The number of rotatable bonds is 6. The van der Waals surface area contributed by atoms with E-state index >= 15 is 0 Å². The molecule has 0 aliphatic carbocycles. The predicted octanol–water partition coefficient (Wildman–Crippen LogP) is 1.43. The van der Waals surface area contributed by atoms with E-state index in [1.165, 1.54) is 0 Å². The summed E-state index contributed by atoms with van der Waals surface area (Å²) in [6.07, 6.45) is -0.698. The van der Waals surface area contributed by atoms with Crippen LogP contribution >= 0.6 is 0 Å². The van der Waals surface area contributed by atoms with Gasteiger partial charge in [0.05, 0.1) is 5.57 Å². The molecule has 0 saturated carbocycles. The molecule has 1 aromatic carbocycles. The summed E-state index contributed by atoms with van der Waals surface area (Å²) in [6, 6.07) is 6.46. The van der Waals surface area contributed by atoms with Gasteiger partial charge in [0.2, 0.25) is 0 Å². The average molecular weight is 361 g/mol. The Kier molecular flexibility index (Phi) is 5.86. The summed E-state index contributed by atoms with van der Waals surface area (Å²) in [4.78, 5) is 41.1. The number of hydrogen-bond acceptors (Lipinski definition) is 5. The minimum atomic E-state index is -1.25. The van der Waals surface area contributed by atoms with Crippen LogP contribution in [0.2, 0.25) is 0 Å². The van der Waals surface area contributed by atoms with Gasteiger partial charge in [-0.05, 0) is 30.5 Å². The minimum Gasteiger partial charge on any atom is -0.481 e. The van der Waals surface area contributed by atoms with Crippen molar-refractivity contribution < 1.29 is 24.3 Å². The van der Waals surface area contributed by atoms with Crippen molar-refractivity contribution >= 4 is 23.5 Å². The number of benzene rings is 1. The molecule has 1 atom stereocenters. The van der Waals surface area contributed by atoms with Gasteiger partial charge in [0.1, 0.15) is 18.2 Å². The highest BCUT2D eigenvalue weighted by atomic mass is 16.7. The molecule has 26 heavy (non-hydrogen) atoms. The highest BCUT2D eigenvalue weighted by molar-refractivity contribution is 5.98. The number of nitrogen functional groups attached to an aromatic ring is 1. The minimum absolute atomic E-state index is 0.137. The molecule has 8 nitrogen and oxygen atoms in total. The SMILES string of the molecule is CC1=C(C(=O)NCc2ccc(N)cc2)C(C(C)C)N(C(=O)CC(=O)O)O1. The van der Waals surface area contributed by atoms with Crippen LogP contribution in [0, 0.1) is 5.92 Å². The topological polar surface area (TPSA) is 122 Å². The first-order chi connectivity index (χ1) is 12.2. The predicted molar refractivity (Wildman–Crippen MR) is 94.2 cm³/mol. The van der Waals surface area contributed by atoms with E-state index < -0.39 is 24.3 Å². The van der Waals surface area contributed by atoms with Crippen LogP contribution in [-0.4, -0.2) is 34.0 Å². The Morgan fingerprint density at radius 3 is 2.42 bits per heavy atom. The fraction of sp³-hybridized carbons (Fsp3) is 0.389. The van der Waals surface area contributed by atoms with Gasteiger partial charge in [0.15, 0.2) is 0 Å². The lowest BCUT2D eigenvalue weighted by molar-refractivity contribution is -0.177. The Morgan fingerprint density at radius 1 is 1.27 bits per heavy atom. The number of nitrogens with one attached hydrogen (secondary N) is 1. The highest BCUT2D eigenvalue weighted by Gasteiger charge is 2.42. The molecule has 1 unspecified atom stereocenters. The quantitative estimate of drug-likeness (QED) is 0.520. The van der Waals surface area contributed by atoms with E-state index in [0.29, 0.717) is 17.8 Å². The molecule has 0 saturated heterocycles. The van der Waals surface area contributed by atoms with Crippen molar-refractivity contribution in [1.29, 1.82) is 0 Å². The Balaban J connectivity index is 2.13. The molecular formula is C18H23N3O5. The molecular weight excluding hydrogens is 338 g/mol. The van der Waals surface area contributed by atoms with Crippen LogP contribution in [0.15, 0.2) is 35.6 Å². The van der Waals surface area contributed by atoms with Gasteiger partial charge < -0.3 is 21.0 Å². The van der Waals surface area contributed by atoms with Gasteiger partial charge in [0.25, 0.3) is 11.8 Å². The number of anilines is 1. The molecule has 2 rings (SSSR count). The fourth-order valence-electron chi connectivity index (χ4n) is 2.80. The van der Waals surface area contributed by atoms with Crippen molar-refractivity contribution in [3.8, 4) is 0 Å². The second kappa shape index (κ2) is 7.90. The molecule has 140 valence electrons. The van der Waals surface area contributed by atoms with Gasteiger partial charge in [-0.3, -0.25) is 14.4 Å². The number of allylic oxidation sites excluding steroid dienone is 1. The van der Waals surface area contributed by atoms with Crippen molar-refractivity contribution in [2.45, 2.75) is 39.8 Å². The molecule has 4 N–H and O–H groups in total. The number of amides is 2. The molecule has 0 fully saturated rings. The van der Waals surface area contributed by atoms with Gasteiger partial charge in [-0.1, -0.05) is 26.0 Å². The van der Waals surface area contributed by atoms with Crippen LogP contribution in [0.5, 0.6) is 0 Å². The van der Waals surface area contributed by atoms with Crippen molar-refractivity contribution in [1.82, 2.24) is 10.4 Å². The third-order valence-corrected chi connectivity index (χ3v) is 4.02. The molecule has 1 aromatic rings. The number of aliphatic carboxylic acids is 1. The van der Waals surface area contributed by atoms with E-state index in [1.807, 2.05) is 26.0 Å². The summed E-state index contributed by atoms with van der Waals surface area (Å²) in [5.74, 6) is -2.15. The van der Waals surface area contributed by atoms with Gasteiger partial charge in [-0.15, -0.1) is 0 Å². The van der Waals surface area contributed by atoms with Gasteiger partial charge in [-0.2, -0.15) is 5.06 Å². The Bertz CT molecular complexity index is 740. The van der Waals surface area contributed by atoms with Gasteiger partial charge in [0, 0.05) is 12.2 Å². The van der Waals surface area contributed by atoms with Gasteiger partial charge in [-0.25, -0.2) is 0 Å². The molecule has 1 aliphatic heterocycles. The second-order valence-corrected chi connectivity index (χ2v) is 6.46. The molecule has 1 heterocycles. The molecule has 0 radical (unpaired) electrons. The largest absolute Gasteiger partial charge is 0.481 e. The van der Waals surface area contributed by atoms with Crippen molar-refractivity contribution in [3.63, 3.8) is 0 Å². The third kappa shape index (κ3) is 4.33. The Morgan fingerprint density at radius 2 is 1.88 bits per heavy atom. The van der Waals surface area contributed by atoms with Crippen LogP contribution in [0.4, 0.5) is 5.69 Å². The maximum Gasteiger partial charge on any atom is 0.313 e. The van der Waals surface area contributed by atoms with Crippen LogP contribution in [0.3, 0.4) is 0 Å². The van der Waals surface area contributed by atoms with Crippen molar-refractivity contribution in [2.75, 3.05) is 5.73 Å². The van der Waals surface area contributed by atoms with E-state index in [2.05, 4.69) is 5.32 Å². The number of nitrogens with zero attached hydrogens (tertiary/aromatic N) is 1. The molecule has 2 amide bonds. The summed E-state index contributed by atoms with van der Waals surface area (Å²) in [5, 5.41) is 12.6. The van der Waals surface area contributed by atoms with Crippen LogP contribution < -0.4 is 11.1 Å².